The first kappa shape index (κ1) is 13.9. The molecule has 3 rings (SSSR count). The van der Waals surface area contributed by atoms with Crippen molar-refractivity contribution in [1.29, 1.82) is 5.26 Å². The molecule has 3 fully saturated rings. The first-order valence-electron chi connectivity index (χ1n) is 8.46. The maximum absolute atomic E-state index is 12.9. The average molecular weight is 274 g/mol. The smallest absolute Gasteiger partial charge is 0.243 e. The number of amides is 1. The minimum absolute atomic E-state index is 0.156. The van der Waals surface area contributed by atoms with Crippen LogP contribution in [0.5, 0.6) is 0 Å². The number of carbonyl (C=O) groups excluding carboxylic acids is 1. The molecule has 20 heavy (non-hydrogen) atoms. The van der Waals surface area contributed by atoms with Gasteiger partial charge in [-0.25, -0.2) is 0 Å². The van der Waals surface area contributed by atoms with Crippen molar-refractivity contribution >= 4 is 5.91 Å². The summed E-state index contributed by atoms with van der Waals surface area (Å²) >= 11 is 0. The molecular weight excluding hydrogens is 248 g/mol. The topological polar surface area (TPSA) is 44.1 Å². The molecule has 0 N–H and O–H groups in total. The highest BCUT2D eigenvalue weighted by atomic mass is 16.2. The Morgan fingerprint density at radius 1 is 1.00 bits per heavy atom. The van der Waals surface area contributed by atoms with Crippen molar-refractivity contribution in [3.05, 3.63) is 0 Å². The molecule has 2 atom stereocenters. The zero-order chi connectivity index (χ0) is 14.0. The van der Waals surface area contributed by atoms with Gasteiger partial charge in [-0.1, -0.05) is 38.5 Å². The van der Waals surface area contributed by atoms with Crippen molar-refractivity contribution in [1.82, 2.24) is 4.90 Å². The quantitative estimate of drug-likeness (QED) is 0.734. The van der Waals surface area contributed by atoms with Crippen molar-refractivity contribution in [2.24, 2.45) is 17.3 Å². The molecule has 1 aliphatic heterocycles. The molecule has 1 saturated heterocycles. The number of carbonyl (C=O) groups is 1. The number of likely N-dealkylation sites (tertiary alicyclic amines) is 1. The van der Waals surface area contributed by atoms with Crippen LogP contribution < -0.4 is 0 Å². The van der Waals surface area contributed by atoms with Gasteiger partial charge in [0.2, 0.25) is 5.91 Å². The number of rotatable bonds is 1. The molecule has 3 aliphatic rings. The molecule has 3 nitrogen and oxygen atoms in total. The van der Waals surface area contributed by atoms with Crippen LogP contribution in [-0.4, -0.2) is 23.9 Å². The normalized spacial score (nSPS) is 33.0. The van der Waals surface area contributed by atoms with Gasteiger partial charge in [-0.2, -0.15) is 5.26 Å². The predicted molar refractivity (Wildman–Crippen MR) is 77.8 cm³/mol. The summed E-state index contributed by atoms with van der Waals surface area (Å²) in [6.45, 7) is 1.82. The van der Waals surface area contributed by atoms with Gasteiger partial charge in [0.05, 0.1) is 6.07 Å². The Kier molecular flexibility index (Phi) is 4.01. The molecular formula is C17H26N2O. The van der Waals surface area contributed by atoms with Gasteiger partial charge in [0.15, 0.2) is 0 Å². The van der Waals surface area contributed by atoms with Crippen LogP contribution in [0.15, 0.2) is 0 Å². The molecule has 0 bridgehead atoms. The summed E-state index contributed by atoms with van der Waals surface area (Å²) in [6, 6.07) is 2.40. The van der Waals surface area contributed by atoms with E-state index in [4.69, 9.17) is 0 Å². The summed E-state index contributed by atoms with van der Waals surface area (Å²) in [5.74, 6) is 1.71. The molecule has 0 aromatic rings. The Morgan fingerprint density at radius 3 is 2.40 bits per heavy atom. The Hall–Kier alpha value is -1.04. The maximum atomic E-state index is 12.9. The third kappa shape index (κ3) is 2.45. The second-order valence-corrected chi connectivity index (χ2v) is 7.10. The lowest BCUT2D eigenvalue weighted by Gasteiger charge is -2.44. The van der Waals surface area contributed by atoms with E-state index in [0.717, 1.165) is 51.1 Å². The van der Waals surface area contributed by atoms with Crippen LogP contribution in [-0.2, 0) is 4.79 Å². The fourth-order valence-electron chi connectivity index (χ4n) is 4.62. The fraction of sp³-hybridized carbons (Fsp3) is 0.882. The van der Waals surface area contributed by atoms with Crippen LogP contribution >= 0.6 is 0 Å². The Morgan fingerprint density at radius 2 is 1.70 bits per heavy atom. The van der Waals surface area contributed by atoms with E-state index in [1.54, 1.807) is 0 Å². The third-order valence-corrected chi connectivity index (χ3v) is 5.91. The van der Waals surface area contributed by atoms with E-state index >= 15 is 0 Å². The van der Waals surface area contributed by atoms with Crippen molar-refractivity contribution < 1.29 is 4.79 Å². The Labute approximate surface area is 122 Å². The van der Waals surface area contributed by atoms with Gasteiger partial charge in [-0.15, -0.1) is 0 Å². The lowest BCUT2D eigenvalue weighted by molar-refractivity contribution is -0.143. The van der Waals surface area contributed by atoms with Crippen molar-refractivity contribution in [3.63, 3.8) is 0 Å². The van der Waals surface area contributed by atoms with E-state index in [1.807, 2.05) is 4.90 Å². The molecule has 0 aromatic carbocycles. The SMILES string of the molecule is N#CC1(C(=O)N2CCC3CCCCC3C2)CCCCC1. The Bertz CT molecular complexity index is 406. The van der Waals surface area contributed by atoms with E-state index in [2.05, 4.69) is 6.07 Å². The van der Waals surface area contributed by atoms with Crippen LogP contribution in [0.3, 0.4) is 0 Å². The molecule has 110 valence electrons. The molecule has 2 unspecified atom stereocenters. The second-order valence-electron chi connectivity index (χ2n) is 7.10. The van der Waals surface area contributed by atoms with Crippen molar-refractivity contribution in [2.45, 2.75) is 64.2 Å². The number of nitriles is 1. The van der Waals surface area contributed by atoms with E-state index < -0.39 is 5.41 Å². The molecule has 0 aromatic heterocycles. The van der Waals surface area contributed by atoms with E-state index in [1.165, 1.54) is 32.1 Å². The zero-order valence-electron chi connectivity index (χ0n) is 12.4. The third-order valence-electron chi connectivity index (χ3n) is 5.91. The molecule has 1 heterocycles. The molecule has 0 spiro atoms. The lowest BCUT2D eigenvalue weighted by Crippen LogP contribution is -2.50. The summed E-state index contributed by atoms with van der Waals surface area (Å²) in [6.07, 6.45) is 11.3. The van der Waals surface area contributed by atoms with Gasteiger partial charge in [-0.05, 0) is 37.5 Å². The van der Waals surface area contributed by atoms with Gasteiger partial charge in [0, 0.05) is 13.1 Å². The number of hydrogen-bond donors (Lipinski definition) is 0. The van der Waals surface area contributed by atoms with Gasteiger partial charge in [0.1, 0.15) is 5.41 Å². The summed E-state index contributed by atoms with van der Waals surface area (Å²) in [5.41, 5.74) is -0.681. The van der Waals surface area contributed by atoms with Crippen LogP contribution in [0.1, 0.15) is 64.2 Å². The zero-order valence-corrected chi connectivity index (χ0v) is 12.4. The second kappa shape index (κ2) is 5.76. The number of piperidine rings is 1. The highest BCUT2D eigenvalue weighted by Gasteiger charge is 2.44. The van der Waals surface area contributed by atoms with Crippen LogP contribution in [0.2, 0.25) is 0 Å². The molecule has 2 saturated carbocycles. The number of nitrogens with zero attached hydrogens (tertiary/aromatic N) is 2. The summed E-state index contributed by atoms with van der Waals surface area (Å²) in [5, 5.41) is 9.58. The number of hydrogen-bond acceptors (Lipinski definition) is 2. The van der Waals surface area contributed by atoms with Crippen LogP contribution in [0.25, 0.3) is 0 Å². The van der Waals surface area contributed by atoms with Gasteiger partial charge in [-0.3, -0.25) is 4.79 Å². The fourth-order valence-corrected chi connectivity index (χ4v) is 4.62. The minimum Gasteiger partial charge on any atom is -0.341 e. The van der Waals surface area contributed by atoms with Gasteiger partial charge < -0.3 is 4.90 Å². The molecule has 0 radical (unpaired) electrons. The maximum Gasteiger partial charge on any atom is 0.243 e. The standard InChI is InChI=1S/C17H26N2O/c18-13-17(9-4-1-5-10-17)16(20)19-11-8-14-6-2-3-7-15(14)12-19/h14-15H,1-12H2. The van der Waals surface area contributed by atoms with Gasteiger partial charge >= 0.3 is 0 Å². The predicted octanol–water partition coefficient (Wildman–Crippen LogP) is 3.50. The number of fused-ring (bicyclic) bond motifs is 1. The van der Waals surface area contributed by atoms with Gasteiger partial charge in [0.25, 0.3) is 0 Å². The highest BCUT2D eigenvalue weighted by molar-refractivity contribution is 5.85. The van der Waals surface area contributed by atoms with Crippen molar-refractivity contribution in [2.75, 3.05) is 13.1 Å². The van der Waals surface area contributed by atoms with Crippen molar-refractivity contribution in [3.8, 4) is 6.07 Å². The monoisotopic (exact) mass is 274 g/mol. The minimum atomic E-state index is -0.681. The first-order valence-corrected chi connectivity index (χ1v) is 8.46. The average Bonchev–Trinajstić information content (AvgIpc) is 2.54. The lowest BCUT2D eigenvalue weighted by atomic mass is 9.72. The Balaban J connectivity index is 1.69. The van der Waals surface area contributed by atoms with E-state index in [-0.39, 0.29) is 5.91 Å². The summed E-state index contributed by atoms with van der Waals surface area (Å²) in [4.78, 5) is 14.9. The van der Waals surface area contributed by atoms with E-state index in [9.17, 15) is 10.1 Å². The summed E-state index contributed by atoms with van der Waals surface area (Å²) < 4.78 is 0. The molecule has 2 aliphatic carbocycles. The largest absolute Gasteiger partial charge is 0.341 e. The highest BCUT2D eigenvalue weighted by Crippen LogP contribution is 2.41. The summed E-state index contributed by atoms with van der Waals surface area (Å²) in [7, 11) is 0. The van der Waals surface area contributed by atoms with E-state index in [0.29, 0.717) is 5.92 Å². The van der Waals surface area contributed by atoms with Crippen LogP contribution in [0.4, 0.5) is 0 Å². The van der Waals surface area contributed by atoms with Crippen LogP contribution in [0, 0.1) is 28.6 Å². The first-order chi connectivity index (χ1) is 9.75. The molecule has 3 heteroatoms. The molecule has 1 amide bonds.